The van der Waals surface area contributed by atoms with Gasteiger partial charge in [-0.25, -0.2) is 9.37 Å². The summed E-state index contributed by atoms with van der Waals surface area (Å²) < 4.78 is 56.5. The van der Waals surface area contributed by atoms with Gasteiger partial charge in [0.2, 0.25) is 0 Å². The molecule has 1 aliphatic heterocycles. The van der Waals surface area contributed by atoms with Crippen LogP contribution in [0.5, 0.6) is 0 Å². The molecular formula is C27H28F4N6. The molecule has 1 aliphatic rings. The molecule has 0 atom stereocenters. The van der Waals surface area contributed by atoms with Crippen molar-refractivity contribution >= 4 is 11.5 Å². The summed E-state index contributed by atoms with van der Waals surface area (Å²) in [5, 5.41) is 12.3. The zero-order valence-corrected chi connectivity index (χ0v) is 20.8. The number of nitrogens with two attached hydrogens (primary N) is 1. The third kappa shape index (κ3) is 4.91. The molecule has 0 aliphatic carbocycles. The first-order chi connectivity index (χ1) is 17.5. The number of benzene rings is 2. The van der Waals surface area contributed by atoms with Crippen LogP contribution >= 0.6 is 0 Å². The van der Waals surface area contributed by atoms with Crippen LogP contribution in [0.4, 0.5) is 29.1 Å². The summed E-state index contributed by atoms with van der Waals surface area (Å²) in [4.78, 5) is 7.12. The minimum absolute atomic E-state index is 0.158. The van der Waals surface area contributed by atoms with Crippen molar-refractivity contribution in [3.05, 3.63) is 77.0 Å². The minimum Gasteiger partial charge on any atom is -0.360 e. The number of aromatic nitrogens is 2. The fraction of sp³-hybridized carbons (Fsp3) is 0.333. The first-order valence-corrected chi connectivity index (χ1v) is 11.9. The fourth-order valence-corrected chi connectivity index (χ4v) is 4.81. The van der Waals surface area contributed by atoms with Crippen LogP contribution in [0.2, 0.25) is 0 Å². The second-order valence-corrected chi connectivity index (χ2v) is 9.30. The number of imidazole rings is 1. The van der Waals surface area contributed by atoms with E-state index in [-0.39, 0.29) is 5.69 Å². The Labute approximate surface area is 213 Å². The van der Waals surface area contributed by atoms with Crippen molar-refractivity contribution in [3.63, 3.8) is 0 Å². The highest BCUT2D eigenvalue weighted by atomic mass is 19.4. The maximum Gasteiger partial charge on any atom is 0.417 e. The number of hydrogen-bond acceptors (Lipinski definition) is 5. The molecule has 6 nitrogen and oxygen atoms in total. The third-order valence-electron chi connectivity index (χ3n) is 6.56. The Morgan fingerprint density at radius 2 is 1.89 bits per heavy atom. The van der Waals surface area contributed by atoms with E-state index in [4.69, 9.17) is 16.0 Å². The first kappa shape index (κ1) is 26.2. The predicted molar refractivity (Wildman–Crippen MR) is 134 cm³/mol. The van der Waals surface area contributed by atoms with E-state index in [2.05, 4.69) is 16.3 Å². The number of nitriles is 1. The lowest BCUT2D eigenvalue weighted by Gasteiger charge is -2.45. The van der Waals surface area contributed by atoms with Gasteiger partial charge in [-0.1, -0.05) is 13.0 Å². The number of anilines is 2. The quantitative estimate of drug-likeness (QED) is 0.389. The molecule has 2 heterocycles. The first-order valence-electron chi connectivity index (χ1n) is 11.9. The highest BCUT2D eigenvalue weighted by molar-refractivity contribution is 5.77. The van der Waals surface area contributed by atoms with Crippen LogP contribution in [0.1, 0.15) is 44.1 Å². The Hall–Kier alpha value is -3.84. The van der Waals surface area contributed by atoms with Gasteiger partial charge in [0.1, 0.15) is 23.2 Å². The number of nitrogens with one attached hydrogen (secondary N) is 1. The Morgan fingerprint density at radius 1 is 1.19 bits per heavy atom. The summed E-state index contributed by atoms with van der Waals surface area (Å²) in [7, 11) is 0. The number of halogens is 4. The van der Waals surface area contributed by atoms with Crippen molar-refractivity contribution in [2.75, 3.05) is 18.4 Å². The van der Waals surface area contributed by atoms with E-state index in [1.165, 1.54) is 18.2 Å². The smallest absolute Gasteiger partial charge is 0.360 e. The van der Waals surface area contributed by atoms with Crippen LogP contribution < -0.4 is 11.1 Å². The van der Waals surface area contributed by atoms with E-state index in [0.717, 1.165) is 24.3 Å². The van der Waals surface area contributed by atoms with Gasteiger partial charge in [0.05, 0.1) is 22.7 Å². The minimum atomic E-state index is -4.69. The van der Waals surface area contributed by atoms with Crippen molar-refractivity contribution in [2.45, 2.75) is 45.5 Å². The SMILES string of the molecule is CC/C=C(\CN)N1CCn2c(nc(-c3ccc(F)cc3)c2Nc2ccc(C#N)c(C(F)(F)F)c2)C1(C)C. The average Bonchev–Trinajstić information content (AvgIpc) is 3.22. The molecule has 0 unspecified atom stereocenters. The lowest BCUT2D eigenvalue weighted by molar-refractivity contribution is -0.137. The molecule has 0 saturated carbocycles. The molecule has 2 aromatic carbocycles. The van der Waals surface area contributed by atoms with Gasteiger partial charge < -0.3 is 20.5 Å². The number of nitrogens with zero attached hydrogens (tertiary/aromatic N) is 4. The van der Waals surface area contributed by atoms with E-state index in [1.807, 2.05) is 25.3 Å². The van der Waals surface area contributed by atoms with Crippen molar-refractivity contribution in [1.82, 2.24) is 14.5 Å². The topological polar surface area (TPSA) is 82.9 Å². The standard InChI is InChI=1S/C27H28F4N6/c1-4-5-21(16-33)37-13-12-36-24(34-20-11-8-18(15-32)22(14-20)27(29,30)31)23(35-25(36)26(37,2)3)17-6-9-19(28)10-7-17/h5-11,14,34H,4,12-13,16,33H2,1-3H3/b21-5+. The predicted octanol–water partition coefficient (Wildman–Crippen LogP) is 6.13. The van der Waals surface area contributed by atoms with E-state index < -0.39 is 28.7 Å². The second kappa shape index (κ2) is 9.90. The van der Waals surface area contributed by atoms with Gasteiger partial charge in [-0.2, -0.15) is 18.4 Å². The van der Waals surface area contributed by atoms with Crippen LogP contribution in [0.3, 0.4) is 0 Å². The van der Waals surface area contributed by atoms with E-state index in [0.29, 0.717) is 42.5 Å². The molecule has 0 bridgehead atoms. The normalized spacial score (nSPS) is 15.3. The summed E-state index contributed by atoms with van der Waals surface area (Å²) >= 11 is 0. The summed E-state index contributed by atoms with van der Waals surface area (Å²) in [6.45, 7) is 7.54. The molecule has 0 radical (unpaired) electrons. The Kier molecular flexibility index (Phi) is 7.02. The Morgan fingerprint density at radius 3 is 2.49 bits per heavy atom. The highest BCUT2D eigenvalue weighted by Crippen LogP contribution is 2.41. The van der Waals surface area contributed by atoms with Gasteiger partial charge in [-0.05, 0) is 62.7 Å². The number of fused-ring (bicyclic) bond motifs is 1. The molecule has 37 heavy (non-hydrogen) atoms. The molecule has 1 aromatic heterocycles. The monoisotopic (exact) mass is 512 g/mol. The zero-order valence-electron chi connectivity index (χ0n) is 20.8. The van der Waals surface area contributed by atoms with Crippen LogP contribution in [-0.2, 0) is 18.3 Å². The largest absolute Gasteiger partial charge is 0.417 e. The van der Waals surface area contributed by atoms with E-state index in [1.54, 1.807) is 18.2 Å². The summed E-state index contributed by atoms with van der Waals surface area (Å²) in [5.41, 5.74) is 6.22. The zero-order chi connectivity index (χ0) is 27.0. The van der Waals surface area contributed by atoms with Gasteiger partial charge >= 0.3 is 6.18 Å². The molecule has 194 valence electrons. The van der Waals surface area contributed by atoms with E-state index in [9.17, 15) is 17.6 Å². The number of allylic oxidation sites excluding steroid dienone is 1. The molecule has 0 amide bonds. The third-order valence-corrected chi connectivity index (χ3v) is 6.56. The van der Waals surface area contributed by atoms with Crippen molar-refractivity contribution in [2.24, 2.45) is 5.73 Å². The van der Waals surface area contributed by atoms with Crippen LogP contribution in [0, 0.1) is 17.1 Å². The van der Waals surface area contributed by atoms with Crippen LogP contribution in [0.15, 0.2) is 54.2 Å². The average molecular weight is 513 g/mol. The van der Waals surface area contributed by atoms with Gasteiger partial charge in [0, 0.05) is 36.6 Å². The van der Waals surface area contributed by atoms with E-state index >= 15 is 0 Å². The van der Waals surface area contributed by atoms with Crippen molar-refractivity contribution < 1.29 is 17.6 Å². The van der Waals surface area contributed by atoms with Crippen molar-refractivity contribution in [1.29, 1.82) is 5.26 Å². The molecule has 10 heteroatoms. The molecule has 3 N–H and O–H groups in total. The second-order valence-electron chi connectivity index (χ2n) is 9.30. The van der Waals surface area contributed by atoms with Gasteiger partial charge in [-0.15, -0.1) is 0 Å². The Bertz CT molecular complexity index is 1360. The molecular weight excluding hydrogens is 484 g/mol. The Balaban J connectivity index is 1.87. The molecule has 3 aromatic rings. The van der Waals surface area contributed by atoms with Gasteiger partial charge in [-0.3, -0.25) is 0 Å². The number of hydrogen-bond donors (Lipinski definition) is 2. The summed E-state index contributed by atoms with van der Waals surface area (Å²) in [6.07, 6.45) is -1.79. The van der Waals surface area contributed by atoms with Crippen LogP contribution in [-0.4, -0.2) is 27.5 Å². The molecule has 0 spiro atoms. The number of rotatable bonds is 6. The molecule has 0 fully saturated rings. The lowest BCUT2D eigenvalue weighted by Crippen LogP contribution is -2.49. The molecule has 4 rings (SSSR count). The van der Waals surface area contributed by atoms with Crippen molar-refractivity contribution in [3.8, 4) is 17.3 Å². The molecule has 0 saturated heterocycles. The van der Waals surface area contributed by atoms with Gasteiger partial charge in [0.15, 0.2) is 0 Å². The van der Waals surface area contributed by atoms with Crippen LogP contribution in [0.25, 0.3) is 11.3 Å². The summed E-state index contributed by atoms with van der Waals surface area (Å²) in [5.74, 6) is 0.773. The maximum absolute atomic E-state index is 13.7. The summed E-state index contributed by atoms with van der Waals surface area (Å²) in [6, 6.07) is 10.9. The number of alkyl halides is 3. The fourth-order valence-electron chi connectivity index (χ4n) is 4.81. The highest BCUT2D eigenvalue weighted by Gasteiger charge is 2.40. The maximum atomic E-state index is 13.7. The lowest BCUT2D eigenvalue weighted by atomic mass is 9.97. The van der Waals surface area contributed by atoms with Gasteiger partial charge in [0.25, 0.3) is 0 Å².